The van der Waals surface area contributed by atoms with E-state index < -0.39 is 11.6 Å². The fourth-order valence-electron chi connectivity index (χ4n) is 2.27. The van der Waals surface area contributed by atoms with E-state index in [0.29, 0.717) is 13.1 Å². The van der Waals surface area contributed by atoms with Gasteiger partial charge in [0.15, 0.2) is 0 Å². The standard InChI is InChI=1S/C14H25F3N2O/c1-10(12(2,3)4)11(20)19-9-13(14(15,16)17)5-7-18-8-6-13/h10,18H,5-9H2,1-4H3,(H,19,20). The summed E-state index contributed by atoms with van der Waals surface area (Å²) in [5.41, 5.74) is -2.05. The molecule has 2 N–H and O–H groups in total. The number of amides is 1. The first-order chi connectivity index (χ1) is 9.00. The summed E-state index contributed by atoms with van der Waals surface area (Å²) >= 11 is 0. The number of hydrogen-bond donors (Lipinski definition) is 2. The van der Waals surface area contributed by atoms with Crippen molar-refractivity contribution in [1.82, 2.24) is 10.6 Å². The predicted molar refractivity (Wildman–Crippen MR) is 72.2 cm³/mol. The highest BCUT2D eigenvalue weighted by Gasteiger charge is 2.54. The molecular weight excluding hydrogens is 269 g/mol. The number of halogens is 3. The second-order valence-electron chi connectivity index (χ2n) is 6.83. The van der Waals surface area contributed by atoms with Crippen molar-refractivity contribution in [3.63, 3.8) is 0 Å². The highest BCUT2D eigenvalue weighted by molar-refractivity contribution is 5.79. The molecule has 0 aromatic rings. The van der Waals surface area contributed by atoms with Crippen LogP contribution in [-0.2, 0) is 4.79 Å². The lowest BCUT2D eigenvalue weighted by atomic mass is 9.77. The third-order valence-corrected chi connectivity index (χ3v) is 4.46. The number of carbonyl (C=O) groups is 1. The van der Waals surface area contributed by atoms with Crippen molar-refractivity contribution in [1.29, 1.82) is 0 Å². The second-order valence-corrected chi connectivity index (χ2v) is 6.83. The second kappa shape index (κ2) is 5.92. The molecule has 0 spiro atoms. The molecule has 0 radical (unpaired) electrons. The topological polar surface area (TPSA) is 41.1 Å². The van der Waals surface area contributed by atoms with Crippen molar-refractivity contribution in [2.45, 2.75) is 46.7 Å². The van der Waals surface area contributed by atoms with Gasteiger partial charge in [0, 0.05) is 12.5 Å². The van der Waals surface area contributed by atoms with Gasteiger partial charge in [-0.3, -0.25) is 4.79 Å². The van der Waals surface area contributed by atoms with Crippen LogP contribution in [0.25, 0.3) is 0 Å². The molecule has 1 rings (SSSR count). The molecule has 1 atom stereocenters. The average molecular weight is 294 g/mol. The Morgan fingerprint density at radius 2 is 1.75 bits per heavy atom. The molecule has 0 aromatic heterocycles. The largest absolute Gasteiger partial charge is 0.396 e. The van der Waals surface area contributed by atoms with Crippen molar-refractivity contribution in [3.8, 4) is 0 Å². The van der Waals surface area contributed by atoms with Crippen molar-refractivity contribution >= 4 is 5.91 Å². The van der Waals surface area contributed by atoms with Gasteiger partial charge in [-0.1, -0.05) is 27.7 Å². The molecule has 3 nitrogen and oxygen atoms in total. The van der Waals surface area contributed by atoms with Crippen LogP contribution in [-0.4, -0.2) is 31.7 Å². The van der Waals surface area contributed by atoms with E-state index in [1.807, 2.05) is 20.8 Å². The summed E-state index contributed by atoms with van der Waals surface area (Å²) < 4.78 is 39.9. The van der Waals surface area contributed by atoms with E-state index in [2.05, 4.69) is 10.6 Å². The van der Waals surface area contributed by atoms with E-state index in [9.17, 15) is 18.0 Å². The number of nitrogens with one attached hydrogen (secondary N) is 2. The van der Waals surface area contributed by atoms with Gasteiger partial charge in [0.2, 0.25) is 5.91 Å². The Morgan fingerprint density at radius 3 is 2.15 bits per heavy atom. The van der Waals surface area contributed by atoms with Crippen LogP contribution >= 0.6 is 0 Å². The third-order valence-electron chi connectivity index (χ3n) is 4.46. The molecule has 0 aromatic carbocycles. The zero-order chi connectivity index (χ0) is 15.6. The fraction of sp³-hybridized carbons (Fsp3) is 0.929. The van der Waals surface area contributed by atoms with Gasteiger partial charge in [-0.05, 0) is 31.3 Å². The van der Waals surface area contributed by atoms with Gasteiger partial charge in [0.1, 0.15) is 0 Å². The maximum absolute atomic E-state index is 13.3. The van der Waals surface area contributed by atoms with Gasteiger partial charge in [-0.2, -0.15) is 13.2 Å². The third kappa shape index (κ3) is 3.87. The van der Waals surface area contributed by atoms with Gasteiger partial charge >= 0.3 is 6.18 Å². The summed E-state index contributed by atoms with van der Waals surface area (Å²) in [6.45, 7) is 7.81. The maximum atomic E-state index is 13.3. The number of rotatable bonds is 3. The monoisotopic (exact) mass is 294 g/mol. The molecule has 1 aliphatic heterocycles. The van der Waals surface area contributed by atoms with Crippen molar-refractivity contribution in [2.24, 2.45) is 16.7 Å². The Labute approximate surface area is 118 Å². The zero-order valence-corrected chi connectivity index (χ0v) is 12.7. The lowest BCUT2D eigenvalue weighted by Gasteiger charge is -2.39. The summed E-state index contributed by atoms with van der Waals surface area (Å²) in [7, 11) is 0. The van der Waals surface area contributed by atoms with Crippen LogP contribution in [0.5, 0.6) is 0 Å². The number of carbonyl (C=O) groups excluding carboxylic acids is 1. The summed E-state index contributed by atoms with van der Waals surface area (Å²) in [5.74, 6) is -0.630. The first kappa shape index (κ1) is 17.3. The zero-order valence-electron chi connectivity index (χ0n) is 12.7. The van der Waals surface area contributed by atoms with Crippen LogP contribution in [0.15, 0.2) is 0 Å². The molecule has 1 amide bonds. The lowest BCUT2D eigenvalue weighted by Crippen LogP contribution is -2.53. The Balaban J connectivity index is 2.71. The van der Waals surface area contributed by atoms with E-state index in [1.165, 1.54) is 0 Å². The first-order valence-electron chi connectivity index (χ1n) is 7.05. The number of hydrogen-bond acceptors (Lipinski definition) is 2. The number of alkyl halides is 3. The molecule has 0 saturated carbocycles. The average Bonchev–Trinajstić information content (AvgIpc) is 2.33. The van der Waals surface area contributed by atoms with Crippen LogP contribution in [0.1, 0.15) is 40.5 Å². The van der Waals surface area contributed by atoms with Crippen molar-refractivity contribution < 1.29 is 18.0 Å². The van der Waals surface area contributed by atoms with E-state index in [-0.39, 0.29) is 36.6 Å². The quantitative estimate of drug-likeness (QED) is 0.840. The highest BCUT2D eigenvalue weighted by atomic mass is 19.4. The van der Waals surface area contributed by atoms with Crippen LogP contribution in [0, 0.1) is 16.7 Å². The summed E-state index contributed by atoms with van der Waals surface area (Å²) in [5, 5.41) is 5.45. The normalized spacial score (nSPS) is 21.4. The Bertz CT molecular complexity index is 341. The van der Waals surface area contributed by atoms with E-state index in [0.717, 1.165) is 0 Å². The van der Waals surface area contributed by atoms with Crippen LogP contribution in [0.4, 0.5) is 13.2 Å². The summed E-state index contributed by atoms with van der Waals surface area (Å²) in [6, 6.07) is 0. The van der Waals surface area contributed by atoms with Gasteiger partial charge in [0.25, 0.3) is 0 Å². The van der Waals surface area contributed by atoms with Crippen molar-refractivity contribution in [2.75, 3.05) is 19.6 Å². The van der Waals surface area contributed by atoms with Gasteiger partial charge in [-0.15, -0.1) is 0 Å². The van der Waals surface area contributed by atoms with E-state index >= 15 is 0 Å². The van der Waals surface area contributed by atoms with Crippen LogP contribution < -0.4 is 10.6 Å². The minimum atomic E-state index is -4.28. The molecule has 1 saturated heterocycles. The predicted octanol–water partition coefficient (Wildman–Crippen LogP) is 2.72. The molecule has 0 aliphatic carbocycles. The van der Waals surface area contributed by atoms with Gasteiger partial charge in [0.05, 0.1) is 5.41 Å². The SMILES string of the molecule is CC(C(=O)NCC1(C(F)(F)F)CCNCC1)C(C)(C)C. The van der Waals surface area contributed by atoms with E-state index in [1.54, 1.807) is 6.92 Å². The Hall–Kier alpha value is -0.780. The van der Waals surface area contributed by atoms with Gasteiger partial charge in [-0.25, -0.2) is 0 Å². The lowest BCUT2D eigenvalue weighted by molar-refractivity contribution is -0.230. The van der Waals surface area contributed by atoms with Gasteiger partial charge < -0.3 is 10.6 Å². The summed E-state index contributed by atoms with van der Waals surface area (Å²) in [4.78, 5) is 12.0. The maximum Gasteiger partial charge on any atom is 0.396 e. The summed E-state index contributed by atoms with van der Waals surface area (Å²) in [6.07, 6.45) is -4.26. The van der Waals surface area contributed by atoms with Crippen LogP contribution in [0.2, 0.25) is 0 Å². The first-order valence-corrected chi connectivity index (χ1v) is 7.05. The Morgan fingerprint density at radius 1 is 1.25 bits per heavy atom. The molecular formula is C14H25F3N2O. The molecule has 1 heterocycles. The van der Waals surface area contributed by atoms with Crippen LogP contribution in [0.3, 0.4) is 0 Å². The highest BCUT2D eigenvalue weighted by Crippen LogP contribution is 2.44. The minimum absolute atomic E-state index is 0.0146. The smallest absolute Gasteiger partial charge is 0.355 e. The van der Waals surface area contributed by atoms with E-state index in [4.69, 9.17) is 0 Å². The Kier molecular flexibility index (Phi) is 5.11. The molecule has 1 fully saturated rings. The molecule has 1 aliphatic rings. The number of piperidine rings is 1. The van der Waals surface area contributed by atoms with Crippen molar-refractivity contribution in [3.05, 3.63) is 0 Å². The molecule has 6 heteroatoms. The molecule has 0 bridgehead atoms. The minimum Gasteiger partial charge on any atom is -0.355 e. The fourth-order valence-corrected chi connectivity index (χ4v) is 2.27. The molecule has 20 heavy (non-hydrogen) atoms. The molecule has 118 valence electrons. The molecule has 1 unspecified atom stereocenters.